The minimum atomic E-state index is 0.823. The van der Waals surface area contributed by atoms with Gasteiger partial charge in [0.05, 0.1) is 0 Å². The van der Waals surface area contributed by atoms with Gasteiger partial charge in [0.2, 0.25) is 0 Å². The quantitative estimate of drug-likeness (QED) is 0.557. The van der Waals surface area contributed by atoms with Crippen LogP contribution in [-0.4, -0.2) is 26.0 Å². The Morgan fingerprint density at radius 3 is 2.62 bits per heavy atom. The van der Waals surface area contributed by atoms with Gasteiger partial charge in [-0.25, -0.2) is 0 Å². The Labute approximate surface area is 103 Å². The van der Waals surface area contributed by atoms with Gasteiger partial charge in [-0.2, -0.15) is 0 Å². The molecular weight excluding hydrogens is 218 g/mol. The van der Waals surface area contributed by atoms with Crippen LogP contribution in [0.1, 0.15) is 18.9 Å². The minimum absolute atomic E-state index is 0.823. The lowest BCUT2D eigenvalue weighted by atomic mass is 10.2. The van der Waals surface area contributed by atoms with Crippen molar-refractivity contribution in [1.29, 1.82) is 0 Å². The van der Waals surface area contributed by atoms with Crippen LogP contribution >= 0.6 is 11.8 Å². The average Bonchev–Trinajstić information content (AvgIpc) is 2.31. The Morgan fingerprint density at radius 2 is 2.00 bits per heavy atom. The second-order valence-electron chi connectivity index (χ2n) is 3.57. The first kappa shape index (κ1) is 13.6. The number of ether oxygens (including phenoxy) is 1. The molecule has 0 unspecified atom stereocenters. The third-order valence-electron chi connectivity index (χ3n) is 2.21. The fourth-order valence-corrected chi connectivity index (χ4v) is 2.23. The maximum absolute atomic E-state index is 5.30. The second kappa shape index (κ2) is 8.62. The van der Waals surface area contributed by atoms with Crippen molar-refractivity contribution in [1.82, 2.24) is 5.32 Å². The van der Waals surface area contributed by atoms with Gasteiger partial charge in [0.1, 0.15) is 0 Å². The Morgan fingerprint density at radius 1 is 1.25 bits per heavy atom. The molecular formula is C13H21NOS. The Kier molecular flexibility index (Phi) is 7.30. The average molecular weight is 239 g/mol. The van der Waals surface area contributed by atoms with Gasteiger partial charge in [-0.05, 0) is 38.1 Å². The molecule has 0 heterocycles. The predicted molar refractivity (Wildman–Crippen MR) is 71.0 cm³/mol. The van der Waals surface area contributed by atoms with Crippen LogP contribution in [0.15, 0.2) is 29.2 Å². The van der Waals surface area contributed by atoms with Gasteiger partial charge in [0, 0.05) is 30.4 Å². The van der Waals surface area contributed by atoms with Crippen molar-refractivity contribution >= 4 is 11.8 Å². The molecule has 1 rings (SSSR count). The lowest BCUT2D eigenvalue weighted by Crippen LogP contribution is -2.04. The van der Waals surface area contributed by atoms with Crippen LogP contribution < -0.4 is 5.32 Å². The summed E-state index contributed by atoms with van der Waals surface area (Å²) in [5.74, 6) is 1.13. The van der Waals surface area contributed by atoms with E-state index in [-0.39, 0.29) is 0 Å². The van der Waals surface area contributed by atoms with Crippen molar-refractivity contribution in [2.24, 2.45) is 0 Å². The molecule has 0 fully saturated rings. The molecule has 0 saturated carbocycles. The number of hydrogen-bond donors (Lipinski definition) is 1. The molecule has 16 heavy (non-hydrogen) atoms. The monoisotopic (exact) mass is 239 g/mol. The van der Waals surface area contributed by atoms with E-state index in [0.29, 0.717) is 0 Å². The lowest BCUT2D eigenvalue weighted by molar-refractivity contribution is 0.149. The number of nitrogens with one attached hydrogen (secondary N) is 1. The zero-order chi connectivity index (χ0) is 11.6. The van der Waals surface area contributed by atoms with Crippen LogP contribution in [0.2, 0.25) is 0 Å². The summed E-state index contributed by atoms with van der Waals surface area (Å²) in [6, 6.07) is 8.75. The van der Waals surface area contributed by atoms with Gasteiger partial charge < -0.3 is 10.1 Å². The first-order valence-corrected chi connectivity index (χ1v) is 6.79. The molecule has 90 valence electrons. The van der Waals surface area contributed by atoms with E-state index in [9.17, 15) is 0 Å². The molecule has 0 atom stereocenters. The van der Waals surface area contributed by atoms with E-state index in [1.165, 1.54) is 10.5 Å². The summed E-state index contributed by atoms with van der Waals surface area (Å²) >= 11 is 1.90. The largest absolute Gasteiger partial charge is 0.382 e. The number of thioether (sulfide) groups is 1. The Balaban J connectivity index is 2.21. The van der Waals surface area contributed by atoms with Crippen molar-refractivity contribution < 1.29 is 4.74 Å². The molecule has 0 aromatic heterocycles. The van der Waals surface area contributed by atoms with Crippen molar-refractivity contribution in [3.8, 4) is 0 Å². The van der Waals surface area contributed by atoms with Crippen LogP contribution in [0.25, 0.3) is 0 Å². The maximum atomic E-state index is 5.30. The lowest BCUT2D eigenvalue weighted by Gasteiger charge is -2.04. The zero-order valence-electron chi connectivity index (χ0n) is 10.2. The molecule has 0 radical (unpaired) electrons. The third-order valence-corrected chi connectivity index (χ3v) is 3.31. The van der Waals surface area contributed by atoms with Crippen LogP contribution in [0.5, 0.6) is 0 Å². The minimum Gasteiger partial charge on any atom is -0.382 e. The third kappa shape index (κ3) is 5.54. The summed E-state index contributed by atoms with van der Waals surface area (Å²) in [6.07, 6.45) is 1.12. The first-order chi connectivity index (χ1) is 7.86. The van der Waals surface area contributed by atoms with Crippen LogP contribution in [0.4, 0.5) is 0 Å². The highest BCUT2D eigenvalue weighted by Gasteiger charge is 1.95. The van der Waals surface area contributed by atoms with Gasteiger partial charge in [0.25, 0.3) is 0 Å². The molecule has 0 aliphatic heterocycles. The first-order valence-electron chi connectivity index (χ1n) is 5.81. The van der Waals surface area contributed by atoms with E-state index in [1.54, 1.807) is 0 Å². The topological polar surface area (TPSA) is 21.3 Å². The summed E-state index contributed by atoms with van der Waals surface area (Å²) in [6.45, 7) is 4.67. The highest BCUT2D eigenvalue weighted by atomic mass is 32.2. The van der Waals surface area contributed by atoms with E-state index in [4.69, 9.17) is 4.74 Å². The molecule has 2 nitrogen and oxygen atoms in total. The highest BCUT2D eigenvalue weighted by molar-refractivity contribution is 7.99. The van der Waals surface area contributed by atoms with Crippen molar-refractivity contribution in [2.75, 3.05) is 26.0 Å². The van der Waals surface area contributed by atoms with Gasteiger partial charge in [0.15, 0.2) is 0 Å². The molecule has 0 spiro atoms. The zero-order valence-corrected chi connectivity index (χ0v) is 11.0. The fraction of sp³-hybridized carbons (Fsp3) is 0.538. The SMILES string of the molecule is CCOCCCSc1ccc(CNC)cc1. The van der Waals surface area contributed by atoms with E-state index in [0.717, 1.165) is 31.9 Å². The Hall–Kier alpha value is -0.510. The van der Waals surface area contributed by atoms with Crippen molar-refractivity contribution in [3.63, 3.8) is 0 Å². The van der Waals surface area contributed by atoms with Crippen LogP contribution in [0, 0.1) is 0 Å². The summed E-state index contributed by atoms with van der Waals surface area (Å²) in [7, 11) is 1.97. The Bertz CT molecular complexity index is 274. The predicted octanol–water partition coefficient (Wildman–Crippen LogP) is 2.92. The van der Waals surface area contributed by atoms with Crippen molar-refractivity contribution in [3.05, 3.63) is 29.8 Å². The second-order valence-corrected chi connectivity index (χ2v) is 4.74. The van der Waals surface area contributed by atoms with Crippen LogP contribution in [-0.2, 0) is 11.3 Å². The van der Waals surface area contributed by atoms with E-state index < -0.39 is 0 Å². The molecule has 0 bridgehead atoms. The summed E-state index contributed by atoms with van der Waals surface area (Å²) in [5, 5.41) is 3.15. The number of hydrogen-bond acceptors (Lipinski definition) is 3. The standard InChI is InChI=1S/C13H21NOS/c1-3-15-9-4-10-16-13-7-5-12(6-8-13)11-14-2/h5-8,14H,3-4,9-11H2,1-2H3. The molecule has 0 aliphatic carbocycles. The number of benzene rings is 1. The van der Waals surface area contributed by atoms with E-state index in [1.807, 2.05) is 25.7 Å². The van der Waals surface area contributed by atoms with Crippen LogP contribution in [0.3, 0.4) is 0 Å². The molecule has 1 aromatic rings. The normalized spacial score (nSPS) is 10.6. The molecule has 1 aromatic carbocycles. The molecule has 3 heteroatoms. The highest BCUT2D eigenvalue weighted by Crippen LogP contribution is 2.19. The van der Waals surface area contributed by atoms with Crippen molar-refractivity contribution in [2.45, 2.75) is 24.8 Å². The summed E-state index contributed by atoms with van der Waals surface area (Å²) in [5.41, 5.74) is 1.33. The van der Waals surface area contributed by atoms with Gasteiger partial charge in [-0.15, -0.1) is 11.8 Å². The summed E-state index contributed by atoms with van der Waals surface area (Å²) < 4.78 is 5.30. The van der Waals surface area contributed by atoms with Gasteiger partial charge in [-0.3, -0.25) is 0 Å². The molecule has 0 saturated heterocycles. The summed E-state index contributed by atoms with van der Waals surface area (Å²) in [4.78, 5) is 1.34. The number of rotatable bonds is 8. The van der Waals surface area contributed by atoms with E-state index in [2.05, 4.69) is 29.6 Å². The van der Waals surface area contributed by atoms with Gasteiger partial charge in [-0.1, -0.05) is 12.1 Å². The fourth-order valence-electron chi connectivity index (χ4n) is 1.40. The molecule has 1 N–H and O–H groups in total. The van der Waals surface area contributed by atoms with Gasteiger partial charge >= 0.3 is 0 Å². The molecule has 0 amide bonds. The van der Waals surface area contributed by atoms with E-state index >= 15 is 0 Å². The smallest absolute Gasteiger partial charge is 0.0473 e. The molecule has 0 aliphatic rings. The maximum Gasteiger partial charge on any atom is 0.0473 e.